The molecule has 1 aliphatic heterocycles. The summed E-state index contributed by atoms with van der Waals surface area (Å²) in [4.78, 5) is 6.91. The van der Waals surface area contributed by atoms with Gasteiger partial charge in [0.15, 0.2) is 11.5 Å². The standard InChI is InChI=1S/C19H25N7O3S/c1-5-29-16-7-6-14(30(27,28)26-10-8-24(3)9-11-26)12-15(16)18-20-17-13(2)23-25(4)19(17)22-21-18/h6-7,12H,5,8-11H2,1-4H3. The normalized spacial score (nSPS) is 16.3. The van der Waals surface area contributed by atoms with Crippen LogP contribution < -0.4 is 4.74 Å². The highest BCUT2D eigenvalue weighted by Crippen LogP contribution is 2.32. The fourth-order valence-corrected chi connectivity index (χ4v) is 4.97. The number of benzene rings is 1. The number of fused-ring (bicyclic) bond motifs is 1. The average molecular weight is 432 g/mol. The number of hydrogen-bond acceptors (Lipinski definition) is 8. The van der Waals surface area contributed by atoms with Crippen molar-refractivity contribution in [2.75, 3.05) is 39.8 Å². The maximum Gasteiger partial charge on any atom is 0.243 e. The second-order valence-electron chi connectivity index (χ2n) is 7.31. The Morgan fingerprint density at radius 1 is 1.10 bits per heavy atom. The lowest BCUT2D eigenvalue weighted by atomic mass is 10.2. The highest BCUT2D eigenvalue weighted by atomic mass is 32.2. The third-order valence-corrected chi connectivity index (χ3v) is 7.10. The highest BCUT2D eigenvalue weighted by Gasteiger charge is 2.28. The van der Waals surface area contributed by atoms with Crippen LogP contribution in [-0.4, -0.2) is 82.4 Å². The molecule has 0 spiro atoms. The molecule has 0 atom stereocenters. The molecule has 0 aliphatic carbocycles. The Balaban J connectivity index is 1.80. The second kappa shape index (κ2) is 7.89. The fraction of sp³-hybridized carbons (Fsp3) is 0.474. The molecule has 1 saturated heterocycles. The summed E-state index contributed by atoms with van der Waals surface area (Å²) in [6, 6.07) is 4.81. The first-order valence-electron chi connectivity index (χ1n) is 9.81. The van der Waals surface area contributed by atoms with E-state index in [1.807, 2.05) is 20.9 Å². The van der Waals surface area contributed by atoms with Crippen LogP contribution in [0.15, 0.2) is 23.1 Å². The topological polar surface area (TPSA) is 106 Å². The molecule has 30 heavy (non-hydrogen) atoms. The Morgan fingerprint density at radius 2 is 1.83 bits per heavy atom. The summed E-state index contributed by atoms with van der Waals surface area (Å²) in [7, 11) is 0.128. The number of sulfonamides is 1. The molecule has 1 aromatic carbocycles. The van der Waals surface area contributed by atoms with Crippen molar-refractivity contribution in [2.45, 2.75) is 18.7 Å². The number of hydrogen-bond donors (Lipinski definition) is 0. The molecule has 11 heteroatoms. The number of likely N-dealkylation sites (N-methyl/N-ethyl adjacent to an activating group) is 1. The van der Waals surface area contributed by atoms with Gasteiger partial charge in [0.2, 0.25) is 10.0 Å². The number of rotatable bonds is 5. The lowest BCUT2D eigenvalue weighted by molar-refractivity contribution is 0.222. The maximum atomic E-state index is 13.2. The molecule has 3 aromatic rings. The number of ether oxygens (including phenoxy) is 1. The van der Waals surface area contributed by atoms with Gasteiger partial charge >= 0.3 is 0 Å². The predicted molar refractivity (Wildman–Crippen MR) is 112 cm³/mol. The van der Waals surface area contributed by atoms with Gasteiger partial charge < -0.3 is 9.64 Å². The zero-order valence-corrected chi connectivity index (χ0v) is 18.3. The molecule has 0 unspecified atom stereocenters. The van der Waals surface area contributed by atoms with Crippen LogP contribution in [0.25, 0.3) is 22.6 Å². The van der Waals surface area contributed by atoms with Crippen LogP contribution in [-0.2, 0) is 17.1 Å². The summed E-state index contributed by atoms with van der Waals surface area (Å²) in [5.74, 6) is 0.815. The van der Waals surface area contributed by atoms with Crippen molar-refractivity contribution in [3.63, 3.8) is 0 Å². The molecule has 160 valence electrons. The van der Waals surface area contributed by atoms with Gasteiger partial charge in [0.1, 0.15) is 11.3 Å². The Bertz CT molecular complexity index is 1180. The third-order valence-electron chi connectivity index (χ3n) is 5.21. The van der Waals surface area contributed by atoms with Gasteiger partial charge in [-0.1, -0.05) is 0 Å². The van der Waals surface area contributed by atoms with E-state index in [0.29, 0.717) is 61.1 Å². The summed E-state index contributed by atoms with van der Waals surface area (Å²) in [6.07, 6.45) is 0. The lowest BCUT2D eigenvalue weighted by Crippen LogP contribution is -2.47. The van der Waals surface area contributed by atoms with Crippen molar-refractivity contribution < 1.29 is 13.2 Å². The second-order valence-corrected chi connectivity index (χ2v) is 9.25. The van der Waals surface area contributed by atoms with Gasteiger partial charge in [-0.2, -0.15) is 9.40 Å². The minimum atomic E-state index is -3.64. The highest BCUT2D eigenvalue weighted by molar-refractivity contribution is 7.89. The average Bonchev–Trinajstić information content (AvgIpc) is 3.02. The summed E-state index contributed by atoms with van der Waals surface area (Å²) < 4.78 is 35.3. The molecule has 0 amide bonds. The zero-order chi connectivity index (χ0) is 21.5. The summed E-state index contributed by atoms with van der Waals surface area (Å²) in [5.41, 5.74) is 2.40. The smallest absolute Gasteiger partial charge is 0.243 e. The minimum absolute atomic E-state index is 0.192. The van der Waals surface area contributed by atoms with E-state index in [4.69, 9.17) is 4.74 Å². The van der Waals surface area contributed by atoms with Crippen molar-refractivity contribution in [3.05, 3.63) is 23.9 Å². The van der Waals surface area contributed by atoms with Crippen molar-refractivity contribution in [3.8, 4) is 17.1 Å². The Morgan fingerprint density at radius 3 is 2.53 bits per heavy atom. The van der Waals surface area contributed by atoms with E-state index in [-0.39, 0.29) is 4.90 Å². The molecule has 1 fully saturated rings. The Kier molecular flexibility index (Phi) is 5.43. The van der Waals surface area contributed by atoms with Gasteiger partial charge in [-0.3, -0.25) is 0 Å². The molecule has 3 heterocycles. The minimum Gasteiger partial charge on any atom is -0.493 e. The van der Waals surface area contributed by atoms with E-state index in [2.05, 4.69) is 25.2 Å². The van der Waals surface area contributed by atoms with Gasteiger partial charge in [-0.25, -0.2) is 18.1 Å². The van der Waals surface area contributed by atoms with Crippen molar-refractivity contribution >= 4 is 21.2 Å². The first-order chi connectivity index (χ1) is 14.3. The van der Waals surface area contributed by atoms with E-state index >= 15 is 0 Å². The predicted octanol–water partition coefficient (Wildman–Crippen LogP) is 1.07. The summed E-state index contributed by atoms with van der Waals surface area (Å²) in [6.45, 7) is 6.46. The molecule has 0 N–H and O–H groups in total. The molecule has 1 aliphatic rings. The van der Waals surface area contributed by atoms with Crippen LogP contribution in [0.5, 0.6) is 5.75 Å². The van der Waals surface area contributed by atoms with Crippen LogP contribution in [0.1, 0.15) is 12.6 Å². The van der Waals surface area contributed by atoms with Gasteiger partial charge in [-0.05, 0) is 39.1 Å². The lowest BCUT2D eigenvalue weighted by Gasteiger charge is -2.31. The number of aromatic nitrogens is 5. The van der Waals surface area contributed by atoms with Crippen LogP contribution >= 0.6 is 0 Å². The largest absolute Gasteiger partial charge is 0.493 e. The fourth-order valence-electron chi connectivity index (χ4n) is 3.52. The number of nitrogens with zero attached hydrogens (tertiary/aromatic N) is 7. The zero-order valence-electron chi connectivity index (χ0n) is 17.5. The SMILES string of the molecule is CCOc1ccc(S(=O)(=O)N2CCN(C)CC2)cc1-c1nnc2c(n1)c(C)nn2C. The van der Waals surface area contributed by atoms with Crippen molar-refractivity contribution in [1.29, 1.82) is 0 Å². The van der Waals surface area contributed by atoms with Crippen LogP contribution in [0.2, 0.25) is 0 Å². The van der Waals surface area contributed by atoms with E-state index in [9.17, 15) is 8.42 Å². The molecular formula is C19H25N7O3S. The van der Waals surface area contributed by atoms with E-state index in [0.717, 1.165) is 5.69 Å². The monoisotopic (exact) mass is 431 g/mol. The van der Waals surface area contributed by atoms with Crippen LogP contribution in [0.3, 0.4) is 0 Å². The van der Waals surface area contributed by atoms with Gasteiger partial charge in [0.25, 0.3) is 0 Å². The van der Waals surface area contributed by atoms with Crippen molar-refractivity contribution in [1.82, 2.24) is 34.2 Å². The maximum absolute atomic E-state index is 13.2. The summed E-state index contributed by atoms with van der Waals surface area (Å²) in [5, 5.41) is 12.8. The van der Waals surface area contributed by atoms with Gasteiger partial charge in [-0.15, -0.1) is 10.2 Å². The van der Waals surface area contributed by atoms with E-state index < -0.39 is 10.0 Å². The molecular weight excluding hydrogens is 406 g/mol. The molecule has 4 rings (SSSR count). The molecule has 10 nitrogen and oxygen atoms in total. The number of piperazine rings is 1. The van der Waals surface area contributed by atoms with Crippen LogP contribution in [0.4, 0.5) is 0 Å². The Labute approximate surface area is 175 Å². The molecule has 0 saturated carbocycles. The molecule has 0 radical (unpaired) electrons. The van der Waals surface area contributed by atoms with Gasteiger partial charge in [0, 0.05) is 33.2 Å². The Hall–Kier alpha value is -2.63. The molecule has 2 aromatic heterocycles. The van der Waals surface area contributed by atoms with E-state index in [1.54, 1.807) is 29.9 Å². The quantitative estimate of drug-likeness (QED) is 0.591. The van der Waals surface area contributed by atoms with Gasteiger partial charge in [0.05, 0.1) is 22.8 Å². The van der Waals surface area contributed by atoms with Crippen LogP contribution in [0, 0.1) is 6.92 Å². The number of aryl methyl sites for hydroxylation is 2. The third kappa shape index (κ3) is 3.64. The molecule has 0 bridgehead atoms. The van der Waals surface area contributed by atoms with E-state index in [1.165, 1.54) is 4.31 Å². The first-order valence-corrected chi connectivity index (χ1v) is 11.2. The van der Waals surface area contributed by atoms with Crippen molar-refractivity contribution in [2.24, 2.45) is 7.05 Å². The first kappa shape index (κ1) is 20.6. The summed E-state index contributed by atoms with van der Waals surface area (Å²) >= 11 is 0.